The van der Waals surface area contributed by atoms with Gasteiger partial charge in [0.05, 0.1) is 12.9 Å². The molecule has 6 nitrogen and oxygen atoms in total. The van der Waals surface area contributed by atoms with E-state index in [2.05, 4.69) is 20.9 Å². The summed E-state index contributed by atoms with van der Waals surface area (Å²) in [5, 5.41) is 9.06. The van der Waals surface area contributed by atoms with E-state index < -0.39 is 30.8 Å². The van der Waals surface area contributed by atoms with Gasteiger partial charge in [-0.25, -0.2) is 13.6 Å². The summed E-state index contributed by atoms with van der Waals surface area (Å²) >= 11 is 3.05. The van der Waals surface area contributed by atoms with Crippen LogP contribution in [0.3, 0.4) is 0 Å². The molecule has 3 N–H and O–H groups in total. The Balaban J connectivity index is 2.47. The summed E-state index contributed by atoms with van der Waals surface area (Å²) in [7, 11) is 0. The highest BCUT2D eigenvalue weighted by atomic mass is 79.9. The topological polar surface area (TPSA) is 90.4 Å². The van der Waals surface area contributed by atoms with Gasteiger partial charge in [-0.2, -0.15) is 4.98 Å². The summed E-state index contributed by atoms with van der Waals surface area (Å²) in [6.07, 6.45) is -1.65. The van der Waals surface area contributed by atoms with Gasteiger partial charge in [0.2, 0.25) is 0 Å². The van der Waals surface area contributed by atoms with Crippen LogP contribution >= 0.6 is 15.9 Å². The molecule has 3 atom stereocenters. The highest BCUT2D eigenvalue weighted by Gasteiger charge is 2.42. The van der Waals surface area contributed by atoms with E-state index in [1.165, 1.54) is 17.3 Å². The molecule has 0 aromatic carbocycles. The summed E-state index contributed by atoms with van der Waals surface area (Å²) in [5.74, 6) is -0.0275. The predicted octanol–water partition coefficient (Wildman–Crippen LogP) is 1.27. The molecule has 0 aliphatic carbocycles. The molecule has 0 radical (unpaired) electrons. The number of aliphatic hydroxyl groups is 1. The first-order valence-electron chi connectivity index (χ1n) is 5.89. The molecular formula is C12H12BrF2N3O3. The minimum Gasteiger partial charge on any atom is -0.393 e. The first-order chi connectivity index (χ1) is 10.0. The Morgan fingerprint density at radius 1 is 1.62 bits per heavy atom. The van der Waals surface area contributed by atoms with E-state index in [0.717, 1.165) is 4.57 Å². The standard InChI is InChI=1S/C12H12BrF2N3O3/c13-2-1-6-4-18(12(20)17-10(6)16)11-9(15)7(3-14)8(5-19)21-11/h1-4,8-9,11,19H,5H2,(H2,16,17,20). The second kappa shape index (κ2) is 6.46. The normalized spacial score (nSPS) is 27.8. The molecule has 1 aromatic heterocycles. The smallest absolute Gasteiger partial charge is 0.351 e. The molecule has 0 saturated carbocycles. The first-order valence-corrected chi connectivity index (χ1v) is 6.81. The van der Waals surface area contributed by atoms with Gasteiger partial charge in [-0.1, -0.05) is 15.9 Å². The van der Waals surface area contributed by atoms with Crippen molar-refractivity contribution in [3.05, 3.63) is 39.1 Å². The number of ether oxygens (including phenoxy) is 1. The Morgan fingerprint density at radius 2 is 2.33 bits per heavy atom. The van der Waals surface area contributed by atoms with Crippen LogP contribution in [0, 0.1) is 0 Å². The molecule has 1 saturated heterocycles. The van der Waals surface area contributed by atoms with E-state index in [9.17, 15) is 13.6 Å². The van der Waals surface area contributed by atoms with Crippen molar-refractivity contribution in [1.29, 1.82) is 0 Å². The lowest BCUT2D eigenvalue weighted by Gasteiger charge is -2.16. The fourth-order valence-electron chi connectivity index (χ4n) is 2.02. The average molecular weight is 364 g/mol. The van der Waals surface area contributed by atoms with Gasteiger partial charge in [-0.3, -0.25) is 4.57 Å². The van der Waals surface area contributed by atoms with Gasteiger partial charge < -0.3 is 15.6 Å². The zero-order chi connectivity index (χ0) is 15.6. The number of hydrogen-bond donors (Lipinski definition) is 2. The fourth-order valence-corrected chi connectivity index (χ4v) is 2.30. The van der Waals surface area contributed by atoms with Crippen LogP contribution in [0.4, 0.5) is 14.6 Å². The largest absolute Gasteiger partial charge is 0.393 e. The van der Waals surface area contributed by atoms with E-state index in [1.807, 2.05) is 0 Å². The van der Waals surface area contributed by atoms with Crippen LogP contribution in [0.15, 0.2) is 27.9 Å². The van der Waals surface area contributed by atoms with E-state index in [0.29, 0.717) is 5.56 Å². The van der Waals surface area contributed by atoms with Gasteiger partial charge in [-0.05, 0) is 11.1 Å². The number of nitrogens with two attached hydrogens (primary N) is 1. The Hall–Kier alpha value is -1.58. The molecule has 3 unspecified atom stereocenters. The quantitative estimate of drug-likeness (QED) is 0.843. The highest BCUT2D eigenvalue weighted by molar-refractivity contribution is 9.11. The number of rotatable bonds is 3. The zero-order valence-electron chi connectivity index (χ0n) is 10.6. The minimum absolute atomic E-state index is 0.0275. The number of nitrogen functional groups attached to an aromatic ring is 1. The lowest BCUT2D eigenvalue weighted by molar-refractivity contribution is -0.0375. The van der Waals surface area contributed by atoms with E-state index in [-0.39, 0.29) is 17.7 Å². The van der Waals surface area contributed by atoms with E-state index in [4.69, 9.17) is 15.6 Å². The maximum Gasteiger partial charge on any atom is 0.351 e. The highest BCUT2D eigenvalue weighted by Crippen LogP contribution is 2.35. The summed E-state index contributed by atoms with van der Waals surface area (Å²) in [5.41, 5.74) is 4.75. The van der Waals surface area contributed by atoms with Crippen LogP contribution in [-0.2, 0) is 4.74 Å². The van der Waals surface area contributed by atoms with Gasteiger partial charge in [-0.15, -0.1) is 0 Å². The van der Waals surface area contributed by atoms with Gasteiger partial charge in [0, 0.05) is 17.3 Å². The Labute approximate surface area is 126 Å². The van der Waals surface area contributed by atoms with Crippen molar-refractivity contribution >= 4 is 27.8 Å². The summed E-state index contributed by atoms with van der Waals surface area (Å²) in [4.78, 5) is 16.9. The molecule has 1 aliphatic rings. The number of anilines is 1. The van der Waals surface area contributed by atoms with Gasteiger partial charge in [0.15, 0.2) is 12.4 Å². The molecule has 9 heteroatoms. The van der Waals surface area contributed by atoms with Crippen molar-refractivity contribution in [3.8, 4) is 0 Å². The second-order valence-corrected chi connectivity index (χ2v) is 4.80. The molecule has 1 aliphatic heterocycles. The predicted molar refractivity (Wildman–Crippen MR) is 76.0 cm³/mol. The fraction of sp³-hybridized carbons (Fsp3) is 0.333. The molecule has 1 aromatic rings. The van der Waals surface area contributed by atoms with Crippen LogP contribution < -0.4 is 11.4 Å². The van der Waals surface area contributed by atoms with Gasteiger partial charge in [0.25, 0.3) is 0 Å². The second-order valence-electron chi connectivity index (χ2n) is 4.27. The third-order valence-electron chi connectivity index (χ3n) is 3.06. The Morgan fingerprint density at radius 3 is 2.86 bits per heavy atom. The monoisotopic (exact) mass is 363 g/mol. The van der Waals surface area contributed by atoms with E-state index >= 15 is 0 Å². The van der Waals surface area contributed by atoms with Crippen LogP contribution in [0.25, 0.3) is 6.08 Å². The van der Waals surface area contributed by atoms with Crippen LogP contribution in [0.2, 0.25) is 0 Å². The summed E-state index contributed by atoms with van der Waals surface area (Å²) in [6.45, 7) is -0.599. The number of hydrogen-bond acceptors (Lipinski definition) is 5. The first kappa shape index (κ1) is 15.8. The van der Waals surface area contributed by atoms with Crippen LogP contribution in [-0.4, -0.2) is 33.5 Å². The maximum absolute atomic E-state index is 14.2. The molecule has 1 fully saturated rings. The zero-order valence-corrected chi connectivity index (χ0v) is 12.2. The minimum atomic E-state index is -1.91. The van der Waals surface area contributed by atoms with Crippen molar-refractivity contribution in [2.75, 3.05) is 12.3 Å². The van der Waals surface area contributed by atoms with Gasteiger partial charge >= 0.3 is 5.69 Å². The number of nitrogens with zero attached hydrogens (tertiary/aromatic N) is 2. The number of aliphatic hydroxyl groups excluding tert-OH is 1. The maximum atomic E-state index is 14.2. The Kier molecular flexibility index (Phi) is 4.86. The Bertz CT molecular complexity index is 647. The molecule has 2 heterocycles. The van der Waals surface area contributed by atoms with Crippen molar-refractivity contribution in [1.82, 2.24) is 9.55 Å². The molecule has 0 spiro atoms. The SMILES string of the molecule is Nc1nc(=O)n(C2OC(CO)C(=CF)C2F)cc1C=CBr. The third kappa shape index (κ3) is 2.89. The number of alkyl halides is 1. The van der Waals surface area contributed by atoms with Crippen molar-refractivity contribution < 1.29 is 18.6 Å². The van der Waals surface area contributed by atoms with Gasteiger partial charge in [0.1, 0.15) is 11.9 Å². The number of halogens is 3. The van der Waals surface area contributed by atoms with E-state index in [1.54, 1.807) is 0 Å². The van der Waals surface area contributed by atoms with Crippen LogP contribution in [0.1, 0.15) is 11.8 Å². The third-order valence-corrected chi connectivity index (χ3v) is 3.33. The lowest BCUT2D eigenvalue weighted by atomic mass is 10.1. The summed E-state index contributed by atoms with van der Waals surface area (Å²) in [6, 6.07) is 0. The lowest BCUT2D eigenvalue weighted by Crippen LogP contribution is -2.31. The molecule has 0 bridgehead atoms. The number of aromatic nitrogens is 2. The van der Waals surface area contributed by atoms with Crippen molar-refractivity contribution in [3.63, 3.8) is 0 Å². The molecule has 0 amide bonds. The average Bonchev–Trinajstić information content (AvgIpc) is 2.78. The molecular weight excluding hydrogens is 352 g/mol. The van der Waals surface area contributed by atoms with Crippen molar-refractivity contribution in [2.45, 2.75) is 18.5 Å². The van der Waals surface area contributed by atoms with Crippen molar-refractivity contribution in [2.24, 2.45) is 0 Å². The molecule has 2 rings (SSSR count). The summed E-state index contributed by atoms with van der Waals surface area (Å²) < 4.78 is 32.9. The molecule has 114 valence electrons. The molecule has 21 heavy (non-hydrogen) atoms. The van der Waals surface area contributed by atoms with Crippen LogP contribution in [0.5, 0.6) is 0 Å².